The number of aromatic nitrogens is 5. The number of rotatable bonds is 5. The molecule has 2 aromatic heterocycles. The summed E-state index contributed by atoms with van der Waals surface area (Å²) >= 11 is 0. The van der Waals surface area contributed by atoms with Gasteiger partial charge in [-0.15, -0.1) is 5.10 Å². The van der Waals surface area contributed by atoms with Crippen molar-refractivity contribution < 1.29 is 13.2 Å². The maximum atomic E-state index is 12.5. The van der Waals surface area contributed by atoms with Crippen LogP contribution >= 0.6 is 0 Å². The molecule has 0 bridgehead atoms. The summed E-state index contributed by atoms with van der Waals surface area (Å²) in [5.41, 5.74) is 0.726. The first-order valence-electron chi connectivity index (χ1n) is 8.11. The first-order chi connectivity index (χ1) is 11.9. The van der Waals surface area contributed by atoms with E-state index in [0.29, 0.717) is 26.1 Å². The maximum Gasteiger partial charge on any atom is 0.246 e. The summed E-state index contributed by atoms with van der Waals surface area (Å²) in [5.74, 6) is 0.145. The average Bonchev–Trinajstić information content (AvgIpc) is 3.22. The lowest BCUT2D eigenvalue weighted by Crippen LogP contribution is -2.50. The minimum atomic E-state index is -3.51. The van der Waals surface area contributed by atoms with Crippen LogP contribution in [0.25, 0.3) is 0 Å². The zero-order chi connectivity index (χ0) is 17.6. The molecule has 11 heteroatoms. The molecule has 0 aromatic carbocycles. The third-order valence-corrected chi connectivity index (χ3v) is 6.39. The standard InChI is InChI=1S/C14H19N7O3S/c1-18-10-13(5-15-18)25(23,24)20-8-12(9-20)21-7-11(16-17-21)6-19-4-2-3-14(19)22/h5,7,10,12H,2-4,6,8-9H2,1H3. The van der Waals surface area contributed by atoms with Crippen LogP contribution in [0.2, 0.25) is 0 Å². The molecule has 4 rings (SSSR count). The van der Waals surface area contributed by atoms with Crippen LogP contribution in [-0.2, 0) is 28.4 Å². The molecule has 0 spiro atoms. The van der Waals surface area contributed by atoms with E-state index < -0.39 is 10.0 Å². The van der Waals surface area contributed by atoms with Crippen molar-refractivity contribution in [2.75, 3.05) is 19.6 Å². The molecule has 25 heavy (non-hydrogen) atoms. The van der Waals surface area contributed by atoms with Crippen molar-refractivity contribution in [3.05, 3.63) is 24.3 Å². The smallest absolute Gasteiger partial charge is 0.246 e. The Kier molecular flexibility index (Phi) is 3.84. The van der Waals surface area contributed by atoms with Gasteiger partial charge in [0.05, 0.1) is 25.0 Å². The fraction of sp³-hybridized carbons (Fsp3) is 0.571. The van der Waals surface area contributed by atoms with Crippen LogP contribution in [0.4, 0.5) is 0 Å². The molecule has 4 heterocycles. The lowest BCUT2D eigenvalue weighted by molar-refractivity contribution is -0.128. The van der Waals surface area contributed by atoms with Crippen molar-refractivity contribution in [2.45, 2.75) is 30.3 Å². The molecule has 0 unspecified atom stereocenters. The highest BCUT2D eigenvalue weighted by atomic mass is 32.2. The molecule has 10 nitrogen and oxygen atoms in total. The quantitative estimate of drug-likeness (QED) is 0.699. The summed E-state index contributed by atoms with van der Waals surface area (Å²) in [6.45, 7) is 1.92. The highest BCUT2D eigenvalue weighted by molar-refractivity contribution is 7.89. The summed E-state index contributed by atoms with van der Waals surface area (Å²) in [6.07, 6.45) is 6.12. The van der Waals surface area contributed by atoms with Crippen molar-refractivity contribution in [2.24, 2.45) is 7.05 Å². The molecule has 2 aromatic rings. The highest BCUT2D eigenvalue weighted by Gasteiger charge is 2.39. The second-order valence-corrected chi connectivity index (χ2v) is 8.37. The topological polar surface area (TPSA) is 106 Å². The number of sulfonamides is 1. The summed E-state index contributed by atoms with van der Waals surface area (Å²) in [5, 5.41) is 12.1. The van der Waals surface area contributed by atoms with Crippen molar-refractivity contribution in [1.29, 1.82) is 0 Å². The Bertz CT molecular complexity index is 897. The molecule has 2 saturated heterocycles. The van der Waals surface area contributed by atoms with Crippen molar-refractivity contribution in [1.82, 2.24) is 34.0 Å². The number of nitrogens with zero attached hydrogens (tertiary/aromatic N) is 7. The van der Waals surface area contributed by atoms with E-state index in [-0.39, 0.29) is 16.8 Å². The van der Waals surface area contributed by atoms with E-state index in [9.17, 15) is 13.2 Å². The Hall–Kier alpha value is -2.27. The fourth-order valence-electron chi connectivity index (χ4n) is 3.09. The predicted molar refractivity (Wildman–Crippen MR) is 85.7 cm³/mol. The number of carbonyl (C=O) groups excluding carboxylic acids is 1. The Morgan fingerprint density at radius 3 is 2.72 bits per heavy atom. The van der Waals surface area contributed by atoms with Crippen LogP contribution in [0, 0.1) is 0 Å². The number of hydrogen-bond acceptors (Lipinski definition) is 6. The van der Waals surface area contributed by atoms with Gasteiger partial charge < -0.3 is 4.90 Å². The van der Waals surface area contributed by atoms with Gasteiger partial charge in [0.15, 0.2) is 0 Å². The zero-order valence-corrected chi connectivity index (χ0v) is 14.6. The second kappa shape index (κ2) is 5.92. The Morgan fingerprint density at radius 1 is 1.28 bits per heavy atom. The summed E-state index contributed by atoms with van der Waals surface area (Å²) in [7, 11) is -1.83. The molecule has 134 valence electrons. The van der Waals surface area contributed by atoms with Gasteiger partial charge in [0.2, 0.25) is 15.9 Å². The molecule has 2 aliphatic rings. The third kappa shape index (κ3) is 2.93. The Morgan fingerprint density at radius 2 is 2.08 bits per heavy atom. The maximum absolute atomic E-state index is 12.5. The van der Waals surface area contributed by atoms with Gasteiger partial charge in [0.25, 0.3) is 0 Å². The van der Waals surface area contributed by atoms with Gasteiger partial charge in [-0.05, 0) is 6.42 Å². The molecule has 0 aliphatic carbocycles. The Balaban J connectivity index is 1.38. The van der Waals surface area contributed by atoms with Gasteiger partial charge in [0, 0.05) is 39.3 Å². The predicted octanol–water partition coefficient (Wildman–Crippen LogP) is -0.620. The van der Waals surface area contributed by atoms with Crippen molar-refractivity contribution in [3.63, 3.8) is 0 Å². The third-order valence-electron chi connectivity index (χ3n) is 4.60. The Labute approximate surface area is 145 Å². The van der Waals surface area contributed by atoms with Crippen LogP contribution in [0.3, 0.4) is 0 Å². The lowest BCUT2D eigenvalue weighted by Gasteiger charge is -2.37. The van der Waals surface area contributed by atoms with E-state index >= 15 is 0 Å². The van der Waals surface area contributed by atoms with Crippen molar-refractivity contribution in [3.8, 4) is 0 Å². The molecule has 0 saturated carbocycles. The van der Waals surface area contributed by atoms with E-state index in [0.717, 1.165) is 18.7 Å². The molecule has 2 fully saturated rings. The first kappa shape index (κ1) is 16.2. The van der Waals surface area contributed by atoms with Gasteiger partial charge >= 0.3 is 0 Å². The van der Waals surface area contributed by atoms with Gasteiger partial charge in [-0.1, -0.05) is 5.21 Å². The normalized spacial score (nSPS) is 19.6. The summed E-state index contributed by atoms with van der Waals surface area (Å²) in [6, 6.07) is -0.0398. The lowest BCUT2D eigenvalue weighted by atomic mass is 10.2. The molecular formula is C14H19N7O3S. The largest absolute Gasteiger partial charge is 0.337 e. The highest BCUT2D eigenvalue weighted by Crippen LogP contribution is 2.27. The molecule has 2 aliphatic heterocycles. The van der Waals surface area contributed by atoms with Gasteiger partial charge in [0.1, 0.15) is 10.6 Å². The first-order valence-corrected chi connectivity index (χ1v) is 9.55. The van der Waals surface area contributed by atoms with Crippen LogP contribution in [0.1, 0.15) is 24.6 Å². The SMILES string of the molecule is Cn1cc(S(=O)(=O)N2CC(n3cc(CN4CCCC4=O)nn3)C2)cn1. The van der Waals surface area contributed by atoms with Crippen LogP contribution in [0.5, 0.6) is 0 Å². The fourth-order valence-corrected chi connectivity index (χ4v) is 4.59. The number of carbonyl (C=O) groups is 1. The van der Waals surface area contributed by atoms with Gasteiger partial charge in [-0.3, -0.25) is 9.48 Å². The number of likely N-dealkylation sites (tertiary alicyclic amines) is 1. The van der Waals surface area contributed by atoms with Crippen LogP contribution in [0.15, 0.2) is 23.5 Å². The molecular weight excluding hydrogens is 346 g/mol. The van der Waals surface area contributed by atoms with E-state index in [1.165, 1.54) is 21.4 Å². The van der Waals surface area contributed by atoms with Crippen LogP contribution < -0.4 is 0 Å². The van der Waals surface area contributed by atoms with Gasteiger partial charge in [-0.2, -0.15) is 9.40 Å². The second-order valence-electron chi connectivity index (χ2n) is 6.43. The number of hydrogen-bond donors (Lipinski definition) is 0. The van der Waals surface area contributed by atoms with Crippen LogP contribution in [-0.4, -0.2) is 67.9 Å². The minimum absolute atomic E-state index is 0.0398. The summed E-state index contributed by atoms with van der Waals surface area (Å²) < 4.78 is 29.5. The molecule has 0 atom stereocenters. The van der Waals surface area contributed by atoms with Gasteiger partial charge in [-0.25, -0.2) is 13.1 Å². The minimum Gasteiger partial charge on any atom is -0.337 e. The molecule has 1 amide bonds. The monoisotopic (exact) mass is 365 g/mol. The van der Waals surface area contributed by atoms with E-state index in [4.69, 9.17) is 0 Å². The van der Waals surface area contributed by atoms with Crippen molar-refractivity contribution >= 4 is 15.9 Å². The van der Waals surface area contributed by atoms with E-state index in [2.05, 4.69) is 15.4 Å². The summed E-state index contributed by atoms with van der Waals surface area (Å²) in [4.78, 5) is 13.6. The zero-order valence-electron chi connectivity index (χ0n) is 13.8. The number of amides is 1. The van der Waals surface area contributed by atoms with E-state index in [1.807, 2.05) is 0 Å². The van der Waals surface area contributed by atoms with E-state index in [1.54, 1.807) is 22.8 Å². The number of aryl methyl sites for hydroxylation is 1. The molecule has 0 N–H and O–H groups in total. The molecule has 0 radical (unpaired) electrons. The average molecular weight is 365 g/mol.